The molecule has 8 heteroatoms. The Kier molecular flexibility index (Phi) is 4.71. The van der Waals surface area contributed by atoms with Gasteiger partial charge in [-0.25, -0.2) is 13.4 Å². The Morgan fingerprint density at radius 3 is 2.85 bits per heavy atom. The minimum Gasteiger partial charge on any atom is -0.349 e. The maximum atomic E-state index is 12.7. The lowest BCUT2D eigenvalue weighted by molar-refractivity contribution is 0.0929. The molecular weight excluding hydrogens is 364 g/mol. The second-order valence-electron chi connectivity index (χ2n) is 7.80. The van der Waals surface area contributed by atoms with E-state index in [0.717, 1.165) is 36.1 Å². The molecule has 7 nitrogen and oxygen atoms in total. The Bertz CT molecular complexity index is 982. The number of aromatic nitrogens is 2. The van der Waals surface area contributed by atoms with Crippen molar-refractivity contribution in [2.75, 3.05) is 18.1 Å². The summed E-state index contributed by atoms with van der Waals surface area (Å²) in [6, 6.07) is 5.53. The molecule has 1 aliphatic carbocycles. The van der Waals surface area contributed by atoms with Crippen molar-refractivity contribution in [3.63, 3.8) is 0 Å². The molecule has 2 aromatic rings. The van der Waals surface area contributed by atoms with E-state index >= 15 is 0 Å². The van der Waals surface area contributed by atoms with E-state index in [1.54, 1.807) is 12.1 Å². The number of hydrogen-bond donors (Lipinski definition) is 2. The second-order valence-corrected chi connectivity index (χ2v) is 10.0. The zero-order valence-electron chi connectivity index (χ0n) is 15.5. The first-order chi connectivity index (χ1) is 12.9. The summed E-state index contributed by atoms with van der Waals surface area (Å²) < 4.78 is 25.7. The van der Waals surface area contributed by atoms with Gasteiger partial charge in [0, 0.05) is 11.6 Å². The van der Waals surface area contributed by atoms with E-state index in [0.29, 0.717) is 24.4 Å². The molecule has 146 valence electrons. The van der Waals surface area contributed by atoms with Crippen molar-refractivity contribution < 1.29 is 13.2 Å². The van der Waals surface area contributed by atoms with Gasteiger partial charge >= 0.3 is 0 Å². The number of nitrogens with two attached hydrogens (primary N) is 1. The minimum atomic E-state index is -2.97. The summed E-state index contributed by atoms with van der Waals surface area (Å²) >= 11 is 0. The van der Waals surface area contributed by atoms with Crippen LogP contribution in [0.3, 0.4) is 0 Å². The zero-order chi connectivity index (χ0) is 19.2. The fourth-order valence-electron chi connectivity index (χ4n) is 4.56. The van der Waals surface area contributed by atoms with Crippen LogP contribution in [0.15, 0.2) is 18.2 Å². The van der Waals surface area contributed by atoms with Gasteiger partial charge in [-0.3, -0.25) is 4.79 Å². The Morgan fingerprint density at radius 2 is 2.15 bits per heavy atom. The number of amides is 1. The third kappa shape index (κ3) is 3.48. The quantitative estimate of drug-likeness (QED) is 0.824. The van der Waals surface area contributed by atoms with Gasteiger partial charge in [-0.15, -0.1) is 0 Å². The van der Waals surface area contributed by atoms with Crippen LogP contribution >= 0.6 is 0 Å². The second kappa shape index (κ2) is 6.91. The van der Waals surface area contributed by atoms with Crippen LogP contribution in [-0.4, -0.2) is 48.0 Å². The SMILES string of the molecule is Cc1nc2cc(C(=O)NC3CCCC3CN)ccc2n1C1CCS(=O)(=O)C1. The number of sulfone groups is 1. The molecule has 2 aliphatic rings. The molecule has 2 heterocycles. The van der Waals surface area contributed by atoms with Crippen LogP contribution in [0.1, 0.15) is 47.9 Å². The van der Waals surface area contributed by atoms with Crippen molar-refractivity contribution in [1.29, 1.82) is 0 Å². The molecule has 1 amide bonds. The van der Waals surface area contributed by atoms with E-state index in [1.165, 1.54) is 0 Å². The number of nitrogens with zero attached hydrogens (tertiary/aromatic N) is 2. The molecule has 27 heavy (non-hydrogen) atoms. The highest BCUT2D eigenvalue weighted by Gasteiger charge is 2.31. The van der Waals surface area contributed by atoms with Gasteiger partial charge in [0.15, 0.2) is 9.84 Å². The standard InChI is InChI=1S/C19H26N4O3S/c1-12-21-17-9-13(19(24)22-16-4-2-3-14(16)10-20)5-6-18(17)23(12)15-7-8-27(25,26)11-15/h5-6,9,14-16H,2-4,7-8,10-11,20H2,1H3,(H,22,24). The summed E-state index contributed by atoms with van der Waals surface area (Å²) in [6.45, 7) is 2.48. The normalized spacial score (nSPS) is 27.3. The van der Waals surface area contributed by atoms with Crippen LogP contribution in [-0.2, 0) is 9.84 Å². The monoisotopic (exact) mass is 390 g/mol. The summed E-state index contributed by atoms with van der Waals surface area (Å²) in [5.41, 5.74) is 7.99. The van der Waals surface area contributed by atoms with Crippen molar-refractivity contribution in [3.05, 3.63) is 29.6 Å². The van der Waals surface area contributed by atoms with Gasteiger partial charge in [0.05, 0.1) is 28.6 Å². The lowest BCUT2D eigenvalue weighted by Crippen LogP contribution is -2.39. The van der Waals surface area contributed by atoms with E-state index in [-0.39, 0.29) is 29.5 Å². The zero-order valence-corrected chi connectivity index (χ0v) is 16.3. The van der Waals surface area contributed by atoms with Gasteiger partial charge < -0.3 is 15.6 Å². The molecule has 0 bridgehead atoms. The molecule has 0 radical (unpaired) electrons. The largest absolute Gasteiger partial charge is 0.349 e. The number of carbonyl (C=O) groups is 1. The van der Waals surface area contributed by atoms with Crippen LogP contribution in [0.5, 0.6) is 0 Å². The van der Waals surface area contributed by atoms with Gasteiger partial charge in [0.25, 0.3) is 5.91 Å². The van der Waals surface area contributed by atoms with Crippen LogP contribution < -0.4 is 11.1 Å². The molecule has 2 fully saturated rings. The number of carbonyl (C=O) groups excluding carboxylic acids is 1. The maximum Gasteiger partial charge on any atom is 0.251 e. The van der Waals surface area contributed by atoms with E-state index in [1.807, 2.05) is 17.6 Å². The molecular formula is C19H26N4O3S. The molecule has 3 atom stereocenters. The fraction of sp³-hybridized carbons (Fsp3) is 0.579. The Morgan fingerprint density at radius 1 is 1.33 bits per heavy atom. The number of rotatable bonds is 4. The fourth-order valence-corrected chi connectivity index (χ4v) is 6.26. The molecule has 1 aromatic carbocycles. The lowest BCUT2D eigenvalue weighted by Gasteiger charge is -2.19. The Labute approximate surface area is 159 Å². The Balaban J connectivity index is 1.59. The number of imidazole rings is 1. The molecule has 1 aromatic heterocycles. The van der Waals surface area contributed by atoms with Gasteiger partial charge in [-0.05, 0) is 56.8 Å². The third-order valence-electron chi connectivity index (χ3n) is 5.98. The van der Waals surface area contributed by atoms with Crippen molar-refractivity contribution in [2.24, 2.45) is 11.7 Å². The van der Waals surface area contributed by atoms with Gasteiger partial charge in [-0.2, -0.15) is 0 Å². The first-order valence-corrected chi connectivity index (χ1v) is 11.4. The predicted molar refractivity (Wildman–Crippen MR) is 104 cm³/mol. The summed E-state index contributed by atoms with van der Waals surface area (Å²) in [7, 11) is -2.97. The van der Waals surface area contributed by atoms with Gasteiger partial charge in [0.1, 0.15) is 5.82 Å². The summed E-state index contributed by atoms with van der Waals surface area (Å²) in [5, 5.41) is 3.12. The van der Waals surface area contributed by atoms with E-state index in [4.69, 9.17) is 5.73 Å². The molecule has 1 saturated carbocycles. The number of aryl methyl sites for hydroxylation is 1. The number of benzene rings is 1. The van der Waals surface area contributed by atoms with Crippen molar-refractivity contribution >= 4 is 26.8 Å². The maximum absolute atomic E-state index is 12.7. The van der Waals surface area contributed by atoms with Crippen molar-refractivity contribution in [1.82, 2.24) is 14.9 Å². The first-order valence-electron chi connectivity index (χ1n) is 9.58. The summed E-state index contributed by atoms with van der Waals surface area (Å²) in [5.74, 6) is 1.41. The molecule has 1 saturated heterocycles. The van der Waals surface area contributed by atoms with Crippen LogP contribution in [0.4, 0.5) is 0 Å². The average Bonchev–Trinajstić information content (AvgIpc) is 3.30. The third-order valence-corrected chi connectivity index (χ3v) is 7.73. The van der Waals surface area contributed by atoms with Gasteiger partial charge in [-0.1, -0.05) is 6.42 Å². The molecule has 1 aliphatic heterocycles. The summed E-state index contributed by atoms with van der Waals surface area (Å²) in [4.78, 5) is 17.3. The van der Waals surface area contributed by atoms with Crippen molar-refractivity contribution in [2.45, 2.75) is 44.7 Å². The molecule has 4 rings (SSSR count). The molecule has 3 N–H and O–H groups in total. The first kappa shape index (κ1) is 18.4. The highest BCUT2D eigenvalue weighted by Crippen LogP contribution is 2.30. The highest BCUT2D eigenvalue weighted by atomic mass is 32.2. The molecule has 0 spiro atoms. The van der Waals surface area contributed by atoms with E-state index in [9.17, 15) is 13.2 Å². The number of fused-ring (bicyclic) bond motifs is 1. The van der Waals surface area contributed by atoms with Crippen LogP contribution in [0.2, 0.25) is 0 Å². The predicted octanol–water partition coefficient (Wildman–Crippen LogP) is 1.56. The van der Waals surface area contributed by atoms with Crippen molar-refractivity contribution in [3.8, 4) is 0 Å². The van der Waals surface area contributed by atoms with Crippen LogP contribution in [0, 0.1) is 12.8 Å². The average molecular weight is 391 g/mol. The molecule has 3 unspecified atom stereocenters. The summed E-state index contributed by atoms with van der Waals surface area (Å²) in [6.07, 6.45) is 3.74. The van der Waals surface area contributed by atoms with E-state index in [2.05, 4.69) is 10.3 Å². The topological polar surface area (TPSA) is 107 Å². The minimum absolute atomic E-state index is 0.0801. The lowest BCUT2D eigenvalue weighted by atomic mass is 10.0. The number of hydrogen-bond acceptors (Lipinski definition) is 5. The van der Waals surface area contributed by atoms with E-state index < -0.39 is 9.84 Å². The smallest absolute Gasteiger partial charge is 0.251 e. The van der Waals surface area contributed by atoms with Gasteiger partial charge in [0.2, 0.25) is 0 Å². The van der Waals surface area contributed by atoms with Crippen LogP contribution in [0.25, 0.3) is 11.0 Å². The highest BCUT2D eigenvalue weighted by molar-refractivity contribution is 7.91. The number of nitrogens with one attached hydrogen (secondary N) is 1. The Hall–Kier alpha value is -1.93.